The molecule has 25 heavy (non-hydrogen) atoms. The second-order valence-corrected chi connectivity index (χ2v) is 6.52. The summed E-state index contributed by atoms with van der Waals surface area (Å²) in [5, 5.41) is 4.52. The molecular formula is C18H23N3O4. The zero-order chi connectivity index (χ0) is 17.3. The zero-order valence-electron chi connectivity index (χ0n) is 14.4. The molecular weight excluding hydrogens is 322 g/mol. The number of rotatable bonds is 4. The quantitative estimate of drug-likeness (QED) is 0.852. The monoisotopic (exact) mass is 345 g/mol. The molecule has 2 saturated heterocycles. The highest BCUT2D eigenvalue weighted by Gasteiger charge is 2.41. The van der Waals surface area contributed by atoms with Crippen LogP contribution in [0.15, 0.2) is 28.9 Å². The number of hydrogen-bond acceptors (Lipinski definition) is 5. The maximum absolute atomic E-state index is 12.9. The molecule has 1 spiro atoms. The fraction of sp³-hybridized carbons (Fsp3) is 0.556. The van der Waals surface area contributed by atoms with Crippen molar-refractivity contribution in [1.82, 2.24) is 14.7 Å². The Balaban J connectivity index is 1.51. The Hall–Kier alpha value is -2.12. The van der Waals surface area contributed by atoms with Gasteiger partial charge in [-0.1, -0.05) is 6.92 Å². The normalized spacial score (nSPS) is 19.6. The fourth-order valence-electron chi connectivity index (χ4n) is 3.52. The Labute approximate surface area is 146 Å². The van der Waals surface area contributed by atoms with E-state index in [9.17, 15) is 4.79 Å². The van der Waals surface area contributed by atoms with E-state index in [1.807, 2.05) is 27.8 Å². The maximum atomic E-state index is 12.9. The van der Waals surface area contributed by atoms with Crippen molar-refractivity contribution in [2.75, 3.05) is 26.3 Å². The van der Waals surface area contributed by atoms with E-state index in [4.69, 9.17) is 13.9 Å². The first-order valence-electron chi connectivity index (χ1n) is 8.90. The Morgan fingerprint density at radius 2 is 2.04 bits per heavy atom. The van der Waals surface area contributed by atoms with Gasteiger partial charge in [0, 0.05) is 38.5 Å². The van der Waals surface area contributed by atoms with Crippen LogP contribution in [0, 0.1) is 0 Å². The summed E-state index contributed by atoms with van der Waals surface area (Å²) in [6, 6.07) is 5.55. The first-order chi connectivity index (χ1) is 12.2. The zero-order valence-corrected chi connectivity index (χ0v) is 14.4. The molecule has 2 aliphatic rings. The Bertz CT molecular complexity index is 722. The number of amides is 1. The molecule has 2 fully saturated rings. The van der Waals surface area contributed by atoms with E-state index >= 15 is 0 Å². The van der Waals surface area contributed by atoms with Gasteiger partial charge in [0.2, 0.25) is 0 Å². The third kappa shape index (κ3) is 3.09. The molecule has 2 aliphatic heterocycles. The van der Waals surface area contributed by atoms with Crippen LogP contribution in [0.3, 0.4) is 0 Å². The lowest BCUT2D eigenvalue weighted by Gasteiger charge is -2.37. The molecule has 0 aliphatic carbocycles. The second-order valence-electron chi connectivity index (χ2n) is 6.52. The van der Waals surface area contributed by atoms with Crippen molar-refractivity contribution >= 4 is 5.91 Å². The van der Waals surface area contributed by atoms with E-state index in [1.165, 1.54) is 0 Å². The van der Waals surface area contributed by atoms with E-state index in [0.717, 1.165) is 24.4 Å². The highest BCUT2D eigenvalue weighted by molar-refractivity contribution is 5.93. The lowest BCUT2D eigenvalue weighted by atomic mass is 10.0. The largest absolute Gasteiger partial charge is 0.463 e. The van der Waals surface area contributed by atoms with Crippen molar-refractivity contribution in [2.45, 2.75) is 38.5 Å². The van der Waals surface area contributed by atoms with Crippen molar-refractivity contribution in [3.8, 4) is 11.5 Å². The average Bonchev–Trinajstić information content (AvgIpc) is 3.36. The van der Waals surface area contributed by atoms with Crippen LogP contribution in [-0.4, -0.2) is 52.7 Å². The van der Waals surface area contributed by atoms with Crippen LogP contribution in [0.4, 0.5) is 0 Å². The van der Waals surface area contributed by atoms with Crippen molar-refractivity contribution in [2.24, 2.45) is 0 Å². The van der Waals surface area contributed by atoms with Gasteiger partial charge in [-0.15, -0.1) is 0 Å². The van der Waals surface area contributed by atoms with Crippen LogP contribution in [0.2, 0.25) is 0 Å². The number of aromatic nitrogens is 2. The number of carbonyl (C=O) groups is 1. The molecule has 0 N–H and O–H groups in total. The van der Waals surface area contributed by atoms with Crippen LogP contribution < -0.4 is 0 Å². The highest BCUT2D eigenvalue weighted by atomic mass is 16.7. The number of ether oxygens (including phenoxy) is 2. The molecule has 7 heteroatoms. The lowest BCUT2D eigenvalue weighted by Crippen LogP contribution is -2.47. The summed E-state index contributed by atoms with van der Waals surface area (Å²) in [6.07, 6.45) is 3.98. The smallest absolute Gasteiger partial charge is 0.274 e. The molecule has 7 nitrogen and oxygen atoms in total. The van der Waals surface area contributed by atoms with E-state index in [2.05, 4.69) is 12.0 Å². The molecule has 0 saturated carbocycles. The number of likely N-dealkylation sites (tertiary alicyclic amines) is 1. The molecule has 1 amide bonds. The predicted octanol–water partition coefficient (Wildman–Crippen LogP) is 2.53. The average molecular weight is 345 g/mol. The minimum absolute atomic E-state index is 0.0458. The molecule has 2 aromatic heterocycles. The Morgan fingerprint density at radius 1 is 1.28 bits per heavy atom. The molecule has 134 valence electrons. The van der Waals surface area contributed by atoms with Gasteiger partial charge in [0.05, 0.1) is 19.5 Å². The van der Waals surface area contributed by atoms with E-state index in [-0.39, 0.29) is 5.91 Å². The summed E-state index contributed by atoms with van der Waals surface area (Å²) in [5.74, 6) is 0.207. The van der Waals surface area contributed by atoms with E-state index in [0.29, 0.717) is 44.8 Å². The minimum Gasteiger partial charge on any atom is -0.463 e. The minimum atomic E-state index is -0.475. The van der Waals surface area contributed by atoms with Gasteiger partial charge in [0.25, 0.3) is 5.91 Å². The topological polar surface area (TPSA) is 69.7 Å². The molecule has 0 bridgehead atoms. The molecule has 0 radical (unpaired) electrons. The number of furan rings is 1. The van der Waals surface area contributed by atoms with Crippen molar-refractivity contribution in [3.05, 3.63) is 30.2 Å². The van der Waals surface area contributed by atoms with E-state index in [1.54, 1.807) is 6.26 Å². The van der Waals surface area contributed by atoms with Crippen molar-refractivity contribution < 1.29 is 18.7 Å². The maximum Gasteiger partial charge on any atom is 0.274 e. The van der Waals surface area contributed by atoms with Gasteiger partial charge < -0.3 is 18.8 Å². The standard InChI is InChI=1S/C18H23N3O4/c1-2-7-21-15(16-4-3-10-23-16)13-14(19-21)17(22)20-8-5-18(6-9-20)24-11-12-25-18/h3-4,10,13H,2,5-9,11-12H2,1H3. The van der Waals surface area contributed by atoms with Gasteiger partial charge >= 0.3 is 0 Å². The number of hydrogen-bond donors (Lipinski definition) is 0. The predicted molar refractivity (Wildman–Crippen MR) is 90.0 cm³/mol. The van der Waals surface area contributed by atoms with Crippen LogP contribution >= 0.6 is 0 Å². The van der Waals surface area contributed by atoms with Gasteiger partial charge in [-0.2, -0.15) is 5.10 Å². The van der Waals surface area contributed by atoms with Crippen LogP contribution in [0.5, 0.6) is 0 Å². The number of aryl methyl sites for hydroxylation is 1. The summed E-state index contributed by atoms with van der Waals surface area (Å²) in [7, 11) is 0. The molecule has 2 aromatic rings. The third-order valence-electron chi connectivity index (χ3n) is 4.83. The lowest BCUT2D eigenvalue weighted by molar-refractivity contribution is -0.181. The number of carbonyl (C=O) groups excluding carboxylic acids is 1. The van der Waals surface area contributed by atoms with E-state index < -0.39 is 5.79 Å². The number of piperidine rings is 1. The Kier molecular flexibility index (Phi) is 4.35. The van der Waals surface area contributed by atoms with Gasteiger partial charge in [-0.3, -0.25) is 9.48 Å². The molecule has 0 unspecified atom stereocenters. The van der Waals surface area contributed by atoms with Crippen LogP contribution in [0.1, 0.15) is 36.7 Å². The summed E-state index contributed by atoms with van der Waals surface area (Å²) < 4.78 is 18.8. The van der Waals surface area contributed by atoms with Gasteiger partial charge in [0.1, 0.15) is 5.69 Å². The summed E-state index contributed by atoms with van der Waals surface area (Å²) in [4.78, 5) is 14.7. The molecule has 4 heterocycles. The molecule has 0 aromatic carbocycles. The van der Waals surface area contributed by atoms with Gasteiger partial charge in [-0.25, -0.2) is 0 Å². The van der Waals surface area contributed by atoms with Gasteiger partial charge in [0.15, 0.2) is 17.2 Å². The summed E-state index contributed by atoms with van der Waals surface area (Å²) in [5.41, 5.74) is 1.30. The Morgan fingerprint density at radius 3 is 2.68 bits per heavy atom. The summed E-state index contributed by atoms with van der Waals surface area (Å²) >= 11 is 0. The summed E-state index contributed by atoms with van der Waals surface area (Å²) in [6.45, 7) is 5.35. The van der Waals surface area contributed by atoms with Crippen molar-refractivity contribution in [1.29, 1.82) is 0 Å². The van der Waals surface area contributed by atoms with Crippen LogP contribution in [0.25, 0.3) is 11.5 Å². The molecule has 0 atom stereocenters. The van der Waals surface area contributed by atoms with Crippen LogP contribution in [-0.2, 0) is 16.0 Å². The van der Waals surface area contributed by atoms with Gasteiger partial charge in [-0.05, 0) is 18.6 Å². The second kappa shape index (κ2) is 6.65. The first-order valence-corrected chi connectivity index (χ1v) is 8.90. The van der Waals surface area contributed by atoms with Crippen molar-refractivity contribution in [3.63, 3.8) is 0 Å². The fourth-order valence-corrected chi connectivity index (χ4v) is 3.52. The number of nitrogens with zero attached hydrogens (tertiary/aromatic N) is 3. The SMILES string of the molecule is CCCn1nc(C(=O)N2CCC3(CC2)OCCO3)cc1-c1ccco1. The highest BCUT2D eigenvalue weighted by Crippen LogP contribution is 2.32. The molecule has 4 rings (SSSR count). The third-order valence-corrected chi connectivity index (χ3v) is 4.83. The first kappa shape index (κ1) is 16.4.